The molecule has 1 aromatic heterocycles. The highest BCUT2D eigenvalue weighted by Gasteiger charge is 2.19. The van der Waals surface area contributed by atoms with Crippen molar-refractivity contribution >= 4 is 5.97 Å². The van der Waals surface area contributed by atoms with Crippen molar-refractivity contribution in [2.45, 2.75) is 19.4 Å². The Morgan fingerprint density at radius 2 is 2.33 bits per heavy atom. The lowest BCUT2D eigenvalue weighted by atomic mass is 10.2. The summed E-state index contributed by atoms with van der Waals surface area (Å²) >= 11 is 0. The summed E-state index contributed by atoms with van der Waals surface area (Å²) in [4.78, 5) is 17.1. The molecule has 1 rings (SSSR count). The summed E-state index contributed by atoms with van der Waals surface area (Å²) in [5, 5.41) is 8.97. The van der Waals surface area contributed by atoms with Crippen LogP contribution in [0.3, 0.4) is 0 Å². The van der Waals surface area contributed by atoms with E-state index in [9.17, 15) is 4.79 Å². The van der Waals surface area contributed by atoms with E-state index in [1.54, 1.807) is 13.1 Å². The first-order valence-electron chi connectivity index (χ1n) is 6.06. The lowest BCUT2D eigenvalue weighted by molar-refractivity contribution is -0.151. The van der Waals surface area contributed by atoms with Gasteiger partial charge in [-0.1, -0.05) is 6.07 Å². The van der Waals surface area contributed by atoms with Gasteiger partial charge in [-0.25, -0.2) is 4.79 Å². The number of carboxylic acids is 1. The van der Waals surface area contributed by atoms with Crippen molar-refractivity contribution in [3.8, 4) is 0 Å². The second-order valence-electron chi connectivity index (χ2n) is 4.12. The SMILES string of the molecule is CCOC(CN(C)CCc1ccccn1)C(=O)O. The summed E-state index contributed by atoms with van der Waals surface area (Å²) in [6.45, 7) is 3.35. The average Bonchev–Trinajstić information content (AvgIpc) is 2.37. The predicted octanol–water partition coefficient (Wildman–Crippen LogP) is 1.05. The van der Waals surface area contributed by atoms with E-state index < -0.39 is 12.1 Å². The van der Waals surface area contributed by atoms with Crippen LogP contribution in [0.2, 0.25) is 0 Å². The number of hydrogen-bond donors (Lipinski definition) is 1. The van der Waals surface area contributed by atoms with E-state index in [-0.39, 0.29) is 0 Å². The van der Waals surface area contributed by atoms with E-state index in [0.29, 0.717) is 13.2 Å². The third-order valence-corrected chi connectivity index (χ3v) is 2.60. The molecule has 0 bridgehead atoms. The van der Waals surface area contributed by atoms with Gasteiger partial charge in [0.25, 0.3) is 0 Å². The van der Waals surface area contributed by atoms with Crippen LogP contribution in [-0.4, -0.2) is 53.8 Å². The molecule has 1 heterocycles. The summed E-state index contributed by atoms with van der Waals surface area (Å²) in [6, 6.07) is 5.79. The molecule has 5 heteroatoms. The largest absolute Gasteiger partial charge is 0.479 e. The zero-order chi connectivity index (χ0) is 13.4. The van der Waals surface area contributed by atoms with Crippen molar-refractivity contribution in [2.24, 2.45) is 0 Å². The molecule has 100 valence electrons. The third-order valence-electron chi connectivity index (χ3n) is 2.60. The fourth-order valence-corrected chi connectivity index (χ4v) is 1.63. The molecule has 0 saturated heterocycles. The van der Waals surface area contributed by atoms with Crippen LogP contribution in [0, 0.1) is 0 Å². The number of aromatic nitrogens is 1. The molecular weight excluding hydrogens is 232 g/mol. The number of likely N-dealkylation sites (N-methyl/N-ethyl adjacent to an activating group) is 1. The minimum atomic E-state index is -0.915. The number of ether oxygens (including phenoxy) is 1. The fraction of sp³-hybridized carbons (Fsp3) is 0.538. The topological polar surface area (TPSA) is 62.7 Å². The predicted molar refractivity (Wildman–Crippen MR) is 68.5 cm³/mol. The van der Waals surface area contributed by atoms with E-state index in [4.69, 9.17) is 9.84 Å². The summed E-state index contributed by atoms with van der Waals surface area (Å²) in [6.07, 6.45) is 1.80. The zero-order valence-corrected chi connectivity index (χ0v) is 10.9. The molecular formula is C13H20N2O3. The van der Waals surface area contributed by atoms with Crippen LogP contribution in [-0.2, 0) is 16.0 Å². The van der Waals surface area contributed by atoms with Gasteiger partial charge in [0, 0.05) is 38.0 Å². The molecule has 1 N–H and O–H groups in total. The zero-order valence-electron chi connectivity index (χ0n) is 10.9. The van der Waals surface area contributed by atoms with Crippen LogP contribution in [0.1, 0.15) is 12.6 Å². The molecule has 1 aromatic rings. The van der Waals surface area contributed by atoms with Gasteiger partial charge in [0.1, 0.15) is 0 Å². The van der Waals surface area contributed by atoms with Crippen LogP contribution in [0.4, 0.5) is 0 Å². The Morgan fingerprint density at radius 3 is 2.89 bits per heavy atom. The molecule has 0 aromatic carbocycles. The Balaban J connectivity index is 2.36. The van der Waals surface area contributed by atoms with E-state index in [1.807, 2.05) is 30.1 Å². The molecule has 0 saturated carbocycles. The number of carboxylic acid groups (broad SMARTS) is 1. The van der Waals surface area contributed by atoms with Crippen molar-refractivity contribution < 1.29 is 14.6 Å². The number of aliphatic carboxylic acids is 1. The van der Waals surface area contributed by atoms with Crippen LogP contribution in [0.15, 0.2) is 24.4 Å². The Labute approximate surface area is 107 Å². The van der Waals surface area contributed by atoms with Gasteiger partial charge in [-0.2, -0.15) is 0 Å². The van der Waals surface area contributed by atoms with Crippen molar-refractivity contribution in [3.05, 3.63) is 30.1 Å². The summed E-state index contributed by atoms with van der Waals surface area (Å²) in [7, 11) is 1.89. The van der Waals surface area contributed by atoms with Gasteiger partial charge in [-0.15, -0.1) is 0 Å². The van der Waals surface area contributed by atoms with E-state index in [1.165, 1.54) is 0 Å². The highest BCUT2D eigenvalue weighted by Crippen LogP contribution is 2.00. The highest BCUT2D eigenvalue weighted by atomic mass is 16.5. The minimum absolute atomic E-state index is 0.385. The monoisotopic (exact) mass is 252 g/mol. The van der Waals surface area contributed by atoms with Gasteiger partial charge >= 0.3 is 5.97 Å². The first kappa shape index (κ1) is 14.6. The molecule has 0 aliphatic carbocycles. The maximum atomic E-state index is 10.9. The standard InChI is InChI=1S/C13H20N2O3/c1-3-18-12(13(16)17)10-15(2)9-7-11-6-4-5-8-14-11/h4-6,8,12H,3,7,9-10H2,1-2H3,(H,16,17). The molecule has 1 unspecified atom stereocenters. The molecule has 0 fully saturated rings. The lowest BCUT2D eigenvalue weighted by Gasteiger charge is -2.21. The van der Waals surface area contributed by atoms with Crippen LogP contribution >= 0.6 is 0 Å². The molecule has 0 spiro atoms. The Morgan fingerprint density at radius 1 is 1.56 bits per heavy atom. The molecule has 5 nitrogen and oxygen atoms in total. The van der Waals surface area contributed by atoms with Gasteiger partial charge < -0.3 is 14.7 Å². The Kier molecular flexibility index (Phi) is 6.32. The second-order valence-corrected chi connectivity index (χ2v) is 4.12. The normalized spacial score (nSPS) is 12.6. The van der Waals surface area contributed by atoms with Gasteiger partial charge in [-0.05, 0) is 26.1 Å². The van der Waals surface area contributed by atoms with Crippen molar-refractivity contribution in [1.29, 1.82) is 0 Å². The average molecular weight is 252 g/mol. The molecule has 0 aliphatic rings. The summed E-state index contributed by atoms with van der Waals surface area (Å²) in [5.74, 6) is -0.915. The number of nitrogens with zero attached hydrogens (tertiary/aromatic N) is 2. The van der Waals surface area contributed by atoms with Crippen LogP contribution in [0.25, 0.3) is 0 Å². The quantitative estimate of drug-likeness (QED) is 0.749. The maximum Gasteiger partial charge on any atom is 0.334 e. The van der Waals surface area contributed by atoms with Crippen molar-refractivity contribution in [2.75, 3.05) is 26.7 Å². The number of rotatable bonds is 8. The van der Waals surface area contributed by atoms with E-state index >= 15 is 0 Å². The van der Waals surface area contributed by atoms with Gasteiger partial charge in [0.2, 0.25) is 0 Å². The highest BCUT2D eigenvalue weighted by molar-refractivity contribution is 5.72. The maximum absolute atomic E-state index is 10.9. The van der Waals surface area contributed by atoms with Gasteiger partial charge in [-0.3, -0.25) is 4.98 Å². The molecule has 0 radical (unpaired) electrons. The first-order chi connectivity index (χ1) is 8.63. The van der Waals surface area contributed by atoms with Crippen LogP contribution < -0.4 is 0 Å². The molecule has 1 atom stereocenters. The lowest BCUT2D eigenvalue weighted by Crippen LogP contribution is -2.37. The van der Waals surface area contributed by atoms with Gasteiger partial charge in [0.05, 0.1) is 0 Å². The van der Waals surface area contributed by atoms with Crippen molar-refractivity contribution in [1.82, 2.24) is 9.88 Å². The number of pyridine rings is 1. The Bertz CT molecular complexity index is 357. The number of carbonyl (C=O) groups is 1. The smallest absolute Gasteiger partial charge is 0.334 e. The van der Waals surface area contributed by atoms with Gasteiger partial charge in [0.15, 0.2) is 6.10 Å². The van der Waals surface area contributed by atoms with E-state index in [0.717, 1.165) is 18.7 Å². The van der Waals surface area contributed by atoms with Crippen molar-refractivity contribution in [3.63, 3.8) is 0 Å². The Hall–Kier alpha value is -1.46. The molecule has 18 heavy (non-hydrogen) atoms. The van der Waals surface area contributed by atoms with Crippen LogP contribution in [0.5, 0.6) is 0 Å². The summed E-state index contributed by atoms with van der Waals surface area (Å²) < 4.78 is 5.17. The fourth-order valence-electron chi connectivity index (χ4n) is 1.63. The summed E-state index contributed by atoms with van der Waals surface area (Å²) in [5.41, 5.74) is 1.01. The number of hydrogen-bond acceptors (Lipinski definition) is 4. The van der Waals surface area contributed by atoms with E-state index in [2.05, 4.69) is 4.98 Å². The molecule has 0 aliphatic heterocycles. The minimum Gasteiger partial charge on any atom is -0.479 e. The third kappa shape index (κ3) is 5.25. The second kappa shape index (κ2) is 7.79. The first-order valence-corrected chi connectivity index (χ1v) is 6.06. The molecule has 0 amide bonds.